The Balaban J connectivity index is 2.56. The lowest BCUT2D eigenvalue weighted by Gasteiger charge is -2.29. The van der Waals surface area contributed by atoms with Gasteiger partial charge in [-0.05, 0) is 25.0 Å². The number of rotatable bonds is 3. The van der Waals surface area contributed by atoms with Crippen molar-refractivity contribution in [2.75, 3.05) is 13.7 Å². The second-order valence-corrected chi connectivity index (χ2v) is 4.66. The highest BCUT2D eigenvalue weighted by atomic mass is 19.1. The van der Waals surface area contributed by atoms with Gasteiger partial charge < -0.3 is 15.6 Å². The topological polar surface area (TPSA) is 55.5 Å². The number of phenols is 1. The summed E-state index contributed by atoms with van der Waals surface area (Å²) in [5, 5.41) is 10.1. The van der Waals surface area contributed by atoms with E-state index in [4.69, 9.17) is 10.5 Å². The van der Waals surface area contributed by atoms with Gasteiger partial charge in [-0.3, -0.25) is 0 Å². The fraction of sp³-hybridized carbons (Fsp3) is 0.538. The Kier molecular flexibility index (Phi) is 3.24. The van der Waals surface area contributed by atoms with Crippen molar-refractivity contribution in [3.63, 3.8) is 0 Å². The van der Waals surface area contributed by atoms with Crippen molar-refractivity contribution < 1.29 is 14.2 Å². The zero-order valence-electron chi connectivity index (χ0n) is 10.0. The summed E-state index contributed by atoms with van der Waals surface area (Å²) in [5.74, 6) is -0.184. The first-order valence-electron chi connectivity index (χ1n) is 5.90. The van der Waals surface area contributed by atoms with E-state index in [1.54, 1.807) is 0 Å². The van der Waals surface area contributed by atoms with Crippen LogP contribution in [0.4, 0.5) is 4.39 Å². The molecule has 0 heterocycles. The summed E-state index contributed by atoms with van der Waals surface area (Å²) < 4.78 is 19.0. The summed E-state index contributed by atoms with van der Waals surface area (Å²) in [6.07, 6.45) is 3.68. The minimum absolute atomic E-state index is 0.0974. The van der Waals surface area contributed by atoms with Gasteiger partial charge in [-0.15, -0.1) is 0 Å². The van der Waals surface area contributed by atoms with Crippen LogP contribution in [0.15, 0.2) is 12.1 Å². The van der Waals surface area contributed by atoms with E-state index in [2.05, 4.69) is 0 Å². The molecule has 1 saturated carbocycles. The first-order chi connectivity index (χ1) is 8.14. The molecule has 17 heavy (non-hydrogen) atoms. The molecule has 0 spiro atoms. The van der Waals surface area contributed by atoms with Crippen LogP contribution in [0.25, 0.3) is 0 Å². The lowest BCUT2D eigenvalue weighted by atomic mass is 9.78. The van der Waals surface area contributed by atoms with E-state index < -0.39 is 11.2 Å². The highest BCUT2D eigenvalue weighted by molar-refractivity contribution is 5.50. The van der Waals surface area contributed by atoms with Crippen molar-refractivity contribution in [1.29, 1.82) is 0 Å². The molecule has 0 aliphatic heterocycles. The SMILES string of the molecule is COc1ccc(F)c(C2(CN)CCCC2)c1O. The van der Waals surface area contributed by atoms with Crippen LogP contribution in [0.3, 0.4) is 0 Å². The van der Waals surface area contributed by atoms with Gasteiger partial charge in [0.05, 0.1) is 7.11 Å². The van der Waals surface area contributed by atoms with E-state index in [0.29, 0.717) is 17.9 Å². The molecular formula is C13H18FNO2. The third-order valence-electron chi connectivity index (χ3n) is 3.79. The number of halogens is 1. The molecule has 4 heteroatoms. The summed E-state index contributed by atoms with van der Waals surface area (Å²) in [6, 6.07) is 2.77. The Hall–Kier alpha value is -1.29. The Morgan fingerprint density at radius 1 is 1.41 bits per heavy atom. The number of methoxy groups -OCH3 is 1. The molecule has 1 aliphatic carbocycles. The summed E-state index contributed by atoms with van der Waals surface area (Å²) in [4.78, 5) is 0. The lowest BCUT2D eigenvalue weighted by Crippen LogP contribution is -2.33. The number of ether oxygens (including phenoxy) is 1. The summed E-state index contributed by atoms with van der Waals surface area (Å²) in [6.45, 7) is 0.352. The molecule has 0 amide bonds. The van der Waals surface area contributed by atoms with Crippen LogP contribution < -0.4 is 10.5 Å². The predicted molar refractivity (Wildman–Crippen MR) is 63.8 cm³/mol. The van der Waals surface area contributed by atoms with E-state index in [1.165, 1.54) is 19.2 Å². The van der Waals surface area contributed by atoms with Crippen molar-refractivity contribution in [1.82, 2.24) is 0 Å². The van der Waals surface area contributed by atoms with Crippen LogP contribution in [-0.4, -0.2) is 18.8 Å². The molecule has 1 fully saturated rings. The van der Waals surface area contributed by atoms with Crippen molar-refractivity contribution in [3.8, 4) is 11.5 Å². The lowest BCUT2D eigenvalue weighted by molar-refractivity contribution is 0.345. The fourth-order valence-corrected chi connectivity index (χ4v) is 2.82. The average molecular weight is 239 g/mol. The minimum atomic E-state index is -0.428. The monoisotopic (exact) mass is 239 g/mol. The van der Waals surface area contributed by atoms with Gasteiger partial charge in [-0.25, -0.2) is 4.39 Å². The molecule has 0 atom stereocenters. The van der Waals surface area contributed by atoms with Gasteiger partial charge >= 0.3 is 0 Å². The van der Waals surface area contributed by atoms with Gasteiger partial charge in [-0.2, -0.15) is 0 Å². The van der Waals surface area contributed by atoms with Crippen LogP contribution in [0.1, 0.15) is 31.2 Å². The fourth-order valence-electron chi connectivity index (χ4n) is 2.82. The van der Waals surface area contributed by atoms with Crippen molar-refractivity contribution in [3.05, 3.63) is 23.5 Å². The van der Waals surface area contributed by atoms with E-state index in [0.717, 1.165) is 25.7 Å². The van der Waals surface area contributed by atoms with Crippen LogP contribution in [-0.2, 0) is 5.41 Å². The zero-order valence-corrected chi connectivity index (χ0v) is 10.0. The highest BCUT2D eigenvalue weighted by Crippen LogP contribution is 2.47. The maximum atomic E-state index is 14.0. The van der Waals surface area contributed by atoms with Crippen LogP contribution in [0.2, 0.25) is 0 Å². The van der Waals surface area contributed by atoms with E-state index in [1.807, 2.05) is 0 Å². The number of hydrogen-bond donors (Lipinski definition) is 2. The quantitative estimate of drug-likeness (QED) is 0.851. The second kappa shape index (κ2) is 4.53. The first-order valence-corrected chi connectivity index (χ1v) is 5.90. The molecule has 2 rings (SSSR count). The molecule has 0 radical (unpaired) electrons. The molecule has 1 aromatic carbocycles. The molecule has 0 bridgehead atoms. The van der Waals surface area contributed by atoms with Crippen molar-refractivity contribution in [2.45, 2.75) is 31.1 Å². The third-order valence-corrected chi connectivity index (χ3v) is 3.79. The standard InChI is InChI=1S/C13H18FNO2/c1-17-10-5-4-9(14)11(12(10)16)13(8-15)6-2-3-7-13/h4-5,16H,2-3,6-8,15H2,1H3. The molecular weight excluding hydrogens is 221 g/mol. The van der Waals surface area contributed by atoms with Crippen LogP contribution in [0.5, 0.6) is 11.5 Å². The number of nitrogens with two attached hydrogens (primary N) is 1. The number of phenolic OH excluding ortho intramolecular Hbond substituents is 1. The van der Waals surface area contributed by atoms with Gasteiger partial charge in [0.1, 0.15) is 5.82 Å². The van der Waals surface area contributed by atoms with E-state index in [9.17, 15) is 9.50 Å². The molecule has 0 unspecified atom stereocenters. The molecule has 3 nitrogen and oxygen atoms in total. The van der Waals surface area contributed by atoms with Gasteiger partial charge in [0, 0.05) is 17.5 Å². The van der Waals surface area contributed by atoms with Crippen LogP contribution in [0, 0.1) is 5.82 Å². The summed E-state index contributed by atoms with van der Waals surface area (Å²) in [5.41, 5.74) is 5.71. The number of hydrogen-bond acceptors (Lipinski definition) is 3. The Bertz CT molecular complexity index is 414. The van der Waals surface area contributed by atoms with Crippen molar-refractivity contribution in [2.24, 2.45) is 5.73 Å². The zero-order chi connectivity index (χ0) is 12.5. The number of benzene rings is 1. The molecule has 0 saturated heterocycles. The van der Waals surface area contributed by atoms with Gasteiger partial charge in [0.25, 0.3) is 0 Å². The molecule has 1 aliphatic rings. The normalized spacial score (nSPS) is 18.3. The molecule has 1 aromatic rings. The molecule has 94 valence electrons. The van der Waals surface area contributed by atoms with Crippen molar-refractivity contribution >= 4 is 0 Å². The largest absolute Gasteiger partial charge is 0.504 e. The molecule has 0 aromatic heterocycles. The average Bonchev–Trinajstić information content (AvgIpc) is 2.79. The Labute approximate surface area is 100 Å². The maximum Gasteiger partial charge on any atom is 0.164 e. The predicted octanol–water partition coefficient (Wildman–Crippen LogP) is 2.31. The minimum Gasteiger partial charge on any atom is -0.504 e. The van der Waals surface area contributed by atoms with E-state index in [-0.39, 0.29) is 5.75 Å². The molecule has 3 N–H and O–H groups in total. The summed E-state index contributed by atoms with van der Waals surface area (Å²) in [7, 11) is 1.46. The first kappa shape index (κ1) is 12.2. The summed E-state index contributed by atoms with van der Waals surface area (Å²) >= 11 is 0. The Morgan fingerprint density at radius 2 is 2.06 bits per heavy atom. The number of aromatic hydroxyl groups is 1. The third kappa shape index (κ3) is 1.86. The maximum absolute atomic E-state index is 14.0. The van der Waals surface area contributed by atoms with Gasteiger partial charge in [0.15, 0.2) is 11.5 Å². The van der Waals surface area contributed by atoms with E-state index >= 15 is 0 Å². The highest BCUT2D eigenvalue weighted by Gasteiger charge is 2.39. The smallest absolute Gasteiger partial charge is 0.164 e. The van der Waals surface area contributed by atoms with Gasteiger partial charge in [-0.1, -0.05) is 12.8 Å². The van der Waals surface area contributed by atoms with Gasteiger partial charge in [0.2, 0.25) is 0 Å². The second-order valence-electron chi connectivity index (χ2n) is 4.66. The van der Waals surface area contributed by atoms with Crippen LogP contribution >= 0.6 is 0 Å². The Morgan fingerprint density at radius 3 is 2.59 bits per heavy atom.